The predicted octanol–water partition coefficient (Wildman–Crippen LogP) is 3.10. The number of hydrogen-bond donors (Lipinski definition) is 0. The Morgan fingerprint density at radius 2 is 1.90 bits per heavy atom. The third kappa shape index (κ3) is 4.27. The van der Waals surface area contributed by atoms with Crippen molar-refractivity contribution in [2.45, 2.75) is 19.8 Å². The van der Waals surface area contributed by atoms with Crippen LogP contribution in [0, 0.1) is 18.3 Å². The molecule has 1 aliphatic rings. The molecule has 0 aliphatic carbocycles. The molecular formula is C24H20BrN3O2S. The van der Waals surface area contributed by atoms with Crippen molar-refractivity contribution in [1.29, 1.82) is 5.26 Å². The molecule has 0 N–H and O–H groups in total. The summed E-state index contributed by atoms with van der Waals surface area (Å²) in [6.07, 6.45) is 3.66. The first-order valence-electron chi connectivity index (χ1n) is 9.98. The Balaban J connectivity index is 2.04. The number of para-hydroxylation sites is 1. The number of amides is 1. The van der Waals surface area contributed by atoms with Crippen molar-refractivity contribution in [3.63, 3.8) is 0 Å². The molecule has 3 aromatic rings. The lowest BCUT2D eigenvalue weighted by atomic mass is 10.2. The van der Waals surface area contributed by atoms with Crippen molar-refractivity contribution in [3.8, 4) is 11.8 Å². The zero-order valence-electron chi connectivity index (χ0n) is 17.0. The second kappa shape index (κ2) is 9.04. The van der Waals surface area contributed by atoms with E-state index >= 15 is 0 Å². The third-order valence-corrected chi connectivity index (χ3v) is 6.84. The van der Waals surface area contributed by atoms with Crippen LogP contribution in [0.2, 0.25) is 0 Å². The molecule has 1 aliphatic heterocycles. The average molecular weight is 494 g/mol. The lowest BCUT2D eigenvalue weighted by Crippen LogP contribution is -2.35. The molecule has 0 saturated carbocycles. The van der Waals surface area contributed by atoms with Crippen molar-refractivity contribution in [2.24, 2.45) is 0 Å². The molecule has 4 rings (SSSR count). The molecule has 2 heterocycles. The maximum Gasteiger partial charge on any atom is 0.273 e. The Bertz CT molecular complexity index is 1370. The molecule has 0 bridgehead atoms. The second-order valence-corrected chi connectivity index (χ2v) is 9.33. The number of hydrogen-bond acceptors (Lipinski definition) is 4. The van der Waals surface area contributed by atoms with Gasteiger partial charge in [0, 0.05) is 17.6 Å². The van der Waals surface area contributed by atoms with Crippen molar-refractivity contribution < 1.29 is 4.79 Å². The van der Waals surface area contributed by atoms with Crippen LogP contribution in [-0.2, 0) is 4.79 Å². The SMILES string of the molecule is Cc1ccccc1-n1c(=O)/c(=C/c2cccc(Br)c2)s/c1=C(\C#N)C(=O)N1CCCC1. The van der Waals surface area contributed by atoms with E-state index < -0.39 is 0 Å². The molecule has 7 heteroatoms. The van der Waals surface area contributed by atoms with Gasteiger partial charge in [-0.2, -0.15) is 5.26 Å². The Labute approximate surface area is 192 Å². The molecule has 31 heavy (non-hydrogen) atoms. The summed E-state index contributed by atoms with van der Waals surface area (Å²) in [5.41, 5.74) is 2.20. The first-order chi connectivity index (χ1) is 15.0. The first-order valence-corrected chi connectivity index (χ1v) is 11.6. The number of aromatic nitrogens is 1. The highest BCUT2D eigenvalue weighted by molar-refractivity contribution is 9.10. The van der Waals surface area contributed by atoms with Gasteiger partial charge in [-0.25, -0.2) is 0 Å². The fraction of sp³-hybridized carbons (Fsp3) is 0.208. The summed E-state index contributed by atoms with van der Waals surface area (Å²) in [6.45, 7) is 3.19. The zero-order valence-corrected chi connectivity index (χ0v) is 19.4. The van der Waals surface area contributed by atoms with Gasteiger partial charge in [-0.05, 0) is 55.2 Å². The Morgan fingerprint density at radius 3 is 2.58 bits per heavy atom. The van der Waals surface area contributed by atoms with Gasteiger partial charge in [0.2, 0.25) is 0 Å². The van der Waals surface area contributed by atoms with Crippen molar-refractivity contribution >= 4 is 44.8 Å². The highest BCUT2D eigenvalue weighted by Crippen LogP contribution is 2.15. The summed E-state index contributed by atoms with van der Waals surface area (Å²) < 4.78 is 3.26. The van der Waals surface area contributed by atoms with Crippen molar-refractivity contribution in [3.05, 3.63) is 83.7 Å². The van der Waals surface area contributed by atoms with E-state index in [1.807, 2.05) is 55.5 Å². The van der Waals surface area contributed by atoms with Crippen LogP contribution in [0.15, 0.2) is 57.8 Å². The van der Waals surface area contributed by atoms with Crippen LogP contribution >= 0.6 is 27.3 Å². The van der Waals surface area contributed by atoms with E-state index in [1.165, 1.54) is 15.9 Å². The van der Waals surface area contributed by atoms with Crippen LogP contribution < -0.4 is 14.8 Å². The Kier molecular flexibility index (Phi) is 6.21. The van der Waals surface area contributed by atoms with Gasteiger partial charge < -0.3 is 4.90 Å². The molecule has 2 aromatic carbocycles. The number of thiazole rings is 1. The van der Waals surface area contributed by atoms with Gasteiger partial charge in [0.05, 0.1) is 10.2 Å². The zero-order chi connectivity index (χ0) is 22.0. The van der Waals surface area contributed by atoms with Crippen LogP contribution in [0.5, 0.6) is 0 Å². The molecule has 156 valence electrons. The Morgan fingerprint density at radius 1 is 1.16 bits per heavy atom. The normalized spacial score (nSPS) is 15.1. The van der Waals surface area contributed by atoms with E-state index in [4.69, 9.17) is 0 Å². The van der Waals surface area contributed by atoms with Crippen LogP contribution in [-0.4, -0.2) is 28.5 Å². The molecule has 5 nitrogen and oxygen atoms in total. The van der Waals surface area contributed by atoms with E-state index in [0.717, 1.165) is 28.4 Å². The van der Waals surface area contributed by atoms with Gasteiger partial charge in [-0.1, -0.05) is 46.3 Å². The number of likely N-dealkylation sites (tertiary alicyclic amines) is 1. The van der Waals surface area contributed by atoms with Gasteiger partial charge in [0.1, 0.15) is 10.7 Å². The number of halogens is 1. The average Bonchev–Trinajstić information content (AvgIpc) is 3.39. The Hall–Kier alpha value is -2.95. The number of carbonyl (C=O) groups is 1. The number of benzene rings is 2. The van der Waals surface area contributed by atoms with Crippen LogP contribution in [0.3, 0.4) is 0 Å². The minimum atomic E-state index is -0.308. The molecule has 0 spiro atoms. The minimum Gasteiger partial charge on any atom is -0.338 e. The van der Waals surface area contributed by atoms with Crippen molar-refractivity contribution in [2.75, 3.05) is 13.1 Å². The lowest BCUT2D eigenvalue weighted by molar-refractivity contribution is -0.123. The summed E-state index contributed by atoms with van der Waals surface area (Å²) in [5, 5.41) is 9.92. The van der Waals surface area contributed by atoms with Gasteiger partial charge in [-0.15, -0.1) is 11.3 Å². The second-order valence-electron chi connectivity index (χ2n) is 7.38. The van der Waals surface area contributed by atoms with Gasteiger partial charge in [0.15, 0.2) is 5.57 Å². The quantitative estimate of drug-likeness (QED) is 0.562. The van der Waals surface area contributed by atoms with E-state index in [2.05, 4.69) is 22.0 Å². The fourth-order valence-electron chi connectivity index (χ4n) is 3.70. The smallest absolute Gasteiger partial charge is 0.273 e. The van der Waals surface area contributed by atoms with Gasteiger partial charge in [0.25, 0.3) is 11.5 Å². The molecule has 1 amide bonds. The van der Waals surface area contributed by atoms with E-state index in [1.54, 1.807) is 11.0 Å². The third-order valence-electron chi connectivity index (χ3n) is 5.26. The number of rotatable bonds is 3. The maximum atomic E-state index is 13.5. The topological polar surface area (TPSA) is 66.1 Å². The number of nitrogens with zero attached hydrogens (tertiary/aromatic N) is 3. The first kappa shape index (κ1) is 21.3. The molecule has 1 aromatic heterocycles. The minimum absolute atomic E-state index is 0.0149. The molecule has 0 unspecified atom stereocenters. The lowest BCUT2D eigenvalue weighted by Gasteiger charge is -2.14. The molecular weight excluding hydrogens is 474 g/mol. The number of carbonyl (C=O) groups excluding carboxylic acids is 1. The number of aryl methyl sites for hydroxylation is 1. The highest BCUT2D eigenvalue weighted by atomic mass is 79.9. The summed E-state index contributed by atoms with van der Waals surface area (Å²) >= 11 is 4.64. The van der Waals surface area contributed by atoms with Gasteiger partial charge in [-0.3, -0.25) is 14.2 Å². The summed E-state index contributed by atoms with van der Waals surface area (Å²) in [7, 11) is 0. The number of nitriles is 1. The maximum absolute atomic E-state index is 13.5. The largest absolute Gasteiger partial charge is 0.338 e. The summed E-state index contributed by atoms with van der Waals surface area (Å²) in [5.74, 6) is -0.308. The monoisotopic (exact) mass is 493 g/mol. The molecule has 0 radical (unpaired) electrons. The molecule has 0 atom stereocenters. The van der Waals surface area contributed by atoms with Gasteiger partial charge >= 0.3 is 0 Å². The van der Waals surface area contributed by atoms with E-state index in [9.17, 15) is 14.9 Å². The summed E-state index contributed by atoms with van der Waals surface area (Å²) in [6, 6.07) is 17.2. The molecule has 1 saturated heterocycles. The van der Waals surface area contributed by atoms with Crippen LogP contribution in [0.25, 0.3) is 17.3 Å². The standard InChI is InChI=1S/C24H20BrN3O2S/c1-16-7-2-3-10-20(16)28-23(30)21(14-17-8-6-9-18(25)13-17)31-24(28)19(15-26)22(29)27-11-4-5-12-27/h2-3,6-10,13-14H,4-5,11-12H2,1H3/b21-14-,24-19+. The van der Waals surface area contributed by atoms with Crippen molar-refractivity contribution in [1.82, 2.24) is 9.47 Å². The summed E-state index contributed by atoms with van der Waals surface area (Å²) in [4.78, 5) is 28.3. The van der Waals surface area contributed by atoms with Crippen LogP contribution in [0.1, 0.15) is 24.0 Å². The predicted molar refractivity (Wildman–Crippen MR) is 126 cm³/mol. The van der Waals surface area contributed by atoms with E-state index in [-0.39, 0.29) is 17.0 Å². The van der Waals surface area contributed by atoms with E-state index in [0.29, 0.717) is 28.0 Å². The molecule has 1 fully saturated rings. The highest BCUT2D eigenvalue weighted by Gasteiger charge is 2.24. The fourth-order valence-corrected chi connectivity index (χ4v) is 5.20. The van der Waals surface area contributed by atoms with Crippen LogP contribution in [0.4, 0.5) is 0 Å².